The maximum absolute atomic E-state index is 12.6. The summed E-state index contributed by atoms with van der Waals surface area (Å²) in [6.45, 7) is 2.07. The molecule has 1 aromatic carbocycles. The van der Waals surface area contributed by atoms with Gasteiger partial charge in [-0.05, 0) is 42.9 Å². The van der Waals surface area contributed by atoms with E-state index in [9.17, 15) is 4.79 Å². The van der Waals surface area contributed by atoms with Crippen molar-refractivity contribution in [2.45, 2.75) is 44.4 Å². The van der Waals surface area contributed by atoms with Crippen LogP contribution in [0.5, 0.6) is 0 Å². The van der Waals surface area contributed by atoms with Crippen molar-refractivity contribution in [1.82, 2.24) is 4.90 Å². The summed E-state index contributed by atoms with van der Waals surface area (Å²) in [4.78, 5) is 14.7. The fourth-order valence-electron chi connectivity index (χ4n) is 4.35. The van der Waals surface area contributed by atoms with Crippen LogP contribution in [0, 0.1) is 11.3 Å². The van der Waals surface area contributed by atoms with E-state index in [0.29, 0.717) is 17.2 Å². The fraction of sp³-hybridized carbons (Fsp3) is 0.611. The first-order chi connectivity index (χ1) is 10.2. The van der Waals surface area contributed by atoms with Crippen LogP contribution in [0.2, 0.25) is 0 Å². The SMILES string of the molecule is O=C([C@@H]1C[C@H]1c1cccc(Br)c1)N1CC2(CCCCC2)C1. The number of rotatable bonds is 2. The Morgan fingerprint density at radius 3 is 2.67 bits per heavy atom. The van der Waals surface area contributed by atoms with E-state index < -0.39 is 0 Å². The zero-order valence-corrected chi connectivity index (χ0v) is 13.9. The van der Waals surface area contributed by atoms with Crippen molar-refractivity contribution in [1.29, 1.82) is 0 Å². The zero-order chi connectivity index (χ0) is 14.4. The van der Waals surface area contributed by atoms with E-state index in [1.165, 1.54) is 37.7 Å². The Kier molecular flexibility index (Phi) is 3.36. The van der Waals surface area contributed by atoms with Crippen molar-refractivity contribution in [3.05, 3.63) is 34.3 Å². The number of likely N-dealkylation sites (tertiary alicyclic amines) is 1. The average Bonchev–Trinajstić information content (AvgIpc) is 3.25. The lowest BCUT2D eigenvalue weighted by molar-refractivity contribution is -0.147. The van der Waals surface area contributed by atoms with Crippen molar-refractivity contribution >= 4 is 21.8 Å². The van der Waals surface area contributed by atoms with Gasteiger partial charge in [0.1, 0.15) is 0 Å². The van der Waals surface area contributed by atoms with Crippen molar-refractivity contribution in [2.75, 3.05) is 13.1 Å². The lowest BCUT2D eigenvalue weighted by Crippen LogP contribution is -2.59. The normalized spacial score (nSPS) is 30.0. The topological polar surface area (TPSA) is 20.3 Å². The molecule has 1 heterocycles. The second-order valence-corrected chi connectivity index (χ2v) is 8.17. The van der Waals surface area contributed by atoms with Gasteiger partial charge < -0.3 is 4.90 Å². The molecule has 0 aromatic heterocycles. The highest BCUT2D eigenvalue weighted by Crippen LogP contribution is 2.51. The van der Waals surface area contributed by atoms with Gasteiger partial charge in [-0.3, -0.25) is 4.79 Å². The predicted molar refractivity (Wildman–Crippen MR) is 87.1 cm³/mol. The summed E-state index contributed by atoms with van der Waals surface area (Å²) < 4.78 is 1.11. The van der Waals surface area contributed by atoms with Gasteiger partial charge in [-0.25, -0.2) is 0 Å². The molecule has 2 aliphatic carbocycles. The number of amides is 1. The lowest BCUT2D eigenvalue weighted by atomic mass is 9.68. The molecule has 112 valence electrons. The number of benzene rings is 1. The van der Waals surface area contributed by atoms with Crippen LogP contribution in [0.4, 0.5) is 0 Å². The molecule has 1 aromatic rings. The minimum absolute atomic E-state index is 0.250. The third-order valence-corrected chi connectivity index (χ3v) is 6.16. The Labute approximate surface area is 135 Å². The Morgan fingerprint density at radius 2 is 1.95 bits per heavy atom. The number of halogens is 1. The van der Waals surface area contributed by atoms with Crippen LogP contribution in [-0.4, -0.2) is 23.9 Å². The second-order valence-electron chi connectivity index (χ2n) is 7.26. The minimum atomic E-state index is 0.250. The molecule has 3 aliphatic rings. The molecule has 0 unspecified atom stereocenters. The van der Waals surface area contributed by atoms with E-state index in [4.69, 9.17) is 0 Å². The van der Waals surface area contributed by atoms with E-state index in [-0.39, 0.29) is 5.92 Å². The van der Waals surface area contributed by atoms with Gasteiger partial charge in [-0.15, -0.1) is 0 Å². The van der Waals surface area contributed by atoms with Crippen molar-refractivity contribution in [3.8, 4) is 0 Å². The van der Waals surface area contributed by atoms with Crippen LogP contribution in [0.25, 0.3) is 0 Å². The monoisotopic (exact) mass is 347 g/mol. The first-order valence-electron chi connectivity index (χ1n) is 8.21. The first kappa shape index (κ1) is 13.8. The maximum atomic E-state index is 12.6. The van der Waals surface area contributed by atoms with Crippen LogP contribution in [-0.2, 0) is 4.79 Å². The van der Waals surface area contributed by atoms with Gasteiger partial charge in [-0.2, -0.15) is 0 Å². The highest BCUT2D eigenvalue weighted by molar-refractivity contribution is 9.10. The summed E-state index contributed by atoms with van der Waals surface area (Å²) in [7, 11) is 0. The smallest absolute Gasteiger partial charge is 0.226 e. The second kappa shape index (κ2) is 5.12. The molecule has 3 heteroatoms. The number of hydrogen-bond donors (Lipinski definition) is 0. The zero-order valence-electron chi connectivity index (χ0n) is 12.4. The molecule has 1 saturated heterocycles. The van der Waals surface area contributed by atoms with Crippen LogP contribution in [0.15, 0.2) is 28.7 Å². The molecule has 0 radical (unpaired) electrons. The molecule has 0 N–H and O–H groups in total. The van der Waals surface area contributed by atoms with Gasteiger partial charge >= 0.3 is 0 Å². The Morgan fingerprint density at radius 1 is 1.19 bits per heavy atom. The Balaban J connectivity index is 1.36. The summed E-state index contributed by atoms with van der Waals surface area (Å²) >= 11 is 3.52. The van der Waals surface area contributed by atoms with Gasteiger partial charge in [-0.1, -0.05) is 47.3 Å². The summed E-state index contributed by atoms with van der Waals surface area (Å²) in [6, 6.07) is 8.43. The van der Waals surface area contributed by atoms with Gasteiger partial charge in [0, 0.05) is 28.9 Å². The Hall–Kier alpha value is -0.830. The van der Waals surface area contributed by atoms with Crippen molar-refractivity contribution < 1.29 is 4.79 Å². The molecule has 1 spiro atoms. The Bertz CT molecular complexity index is 556. The molecule has 0 bridgehead atoms. The van der Waals surface area contributed by atoms with Crippen LogP contribution in [0.3, 0.4) is 0 Å². The number of carbonyl (C=O) groups is 1. The van der Waals surface area contributed by atoms with Crippen molar-refractivity contribution in [2.24, 2.45) is 11.3 Å². The number of hydrogen-bond acceptors (Lipinski definition) is 1. The van der Waals surface area contributed by atoms with E-state index in [0.717, 1.165) is 24.0 Å². The van der Waals surface area contributed by atoms with Gasteiger partial charge in [0.25, 0.3) is 0 Å². The predicted octanol–water partition coefficient (Wildman–Crippen LogP) is 4.35. The lowest BCUT2D eigenvalue weighted by Gasteiger charge is -2.52. The molecular weight excluding hydrogens is 326 g/mol. The summed E-state index contributed by atoms with van der Waals surface area (Å²) in [5.41, 5.74) is 1.82. The first-order valence-corrected chi connectivity index (χ1v) is 9.00. The van der Waals surface area contributed by atoms with Gasteiger partial charge in [0.05, 0.1) is 0 Å². The highest BCUT2D eigenvalue weighted by Gasteiger charge is 2.52. The molecule has 1 amide bonds. The van der Waals surface area contributed by atoms with Crippen LogP contribution >= 0.6 is 15.9 Å². The number of carbonyl (C=O) groups excluding carboxylic acids is 1. The van der Waals surface area contributed by atoms with Crippen molar-refractivity contribution in [3.63, 3.8) is 0 Å². The third kappa shape index (κ3) is 2.54. The van der Waals surface area contributed by atoms with Gasteiger partial charge in [0.15, 0.2) is 0 Å². The standard InChI is InChI=1S/C18H22BrNO/c19-14-6-4-5-13(9-14)15-10-16(15)17(21)20-11-18(12-20)7-2-1-3-8-18/h4-6,9,15-16H,1-3,7-8,10-12H2/t15-,16+/m0/s1. The molecule has 2 atom stereocenters. The average molecular weight is 348 g/mol. The van der Waals surface area contributed by atoms with E-state index in [1.54, 1.807) is 0 Å². The quantitative estimate of drug-likeness (QED) is 0.778. The minimum Gasteiger partial charge on any atom is -0.341 e. The molecule has 2 nitrogen and oxygen atoms in total. The molecule has 1 aliphatic heterocycles. The van der Waals surface area contributed by atoms with Crippen LogP contribution < -0.4 is 0 Å². The molecule has 3 fully saturated rings. The third-order valence-electron chi connectivity index (χ3n) is 5.66. The van der Waals surface area contributed by atoms with E-state index in [1.807, 2.05) is 6.07 Å². The van der Waals surface area contributed by atoms with E-state index in [2.05, 4.69) is 39.0 Å². The van der Waals surface area contributed by atoms with E-state index >= 15 is 0 Å². The highest BCUT2D eigenvalue weighted by atomic mass is 79.9. The summed E-state index contributed by atoms with van der Waals surface area (Å²) in [6.07, 6.45) is 7.85. The number of nitrogens with zero attached hydrogens (tertiary/aromatic N) is 1. The molecule has 4 rings (SSSR count). The summed E-state index contributed by atoms with van der Waals surface area (Å²) in [5, 5.41) is 0. The van der Waals surface area contributed by atoms with Crippen LogP contribution in [0.1, 0.15) is 50.0 Å². The molecular formula is C18H22BrNO. The fourth-order valence-corrected chi connectivity index (χ4v) is 4.76. The summed E-state index contributed by atoms with van der Waals surface area (Å²) in [5.74, 6) is 1.12. The largest absolute Gasteiger partial charge is 0.341 e. The molecule has 21 heavy (non-hydrogen) atoms. The maximum Gasteiger partial charge on any atom is 0.226 e. The molecule has 2 saturated carbocycles. The van der Waals surface area contributed by atoms with Gasteiger partial charge in [0.2, 0.25) is 5.91 Å².